The van der Waals surface area contributed by atoms with Gasteiger partial charge in [-0.2, -0.15) is 5.26 Å². The van der Waals surface area contributed by atoms with Crippen LogP contribution < -0.4 is 4.90 Å². The highest BCUT2D eigenvalue weighted by Crippen LogP contribution is 2.21. The predicted molar refractivity (Wildman–Crippen MR) is 69.8 cm³/mol. The predicted octanol–water partition coefficient (Wildman–Crippen LogP) is 1.46. The molecule has 1 aromatic rings. The molecular weight excluding hydrogens is 248 g/mol. The highest BCUT2D eigenvalue weighted by Gasteiger charge is 2.14. The Balaban J connectivity index is 2.77. The number of pyridine rings is 1. The van der Waals surface area contributed by atoms with Crippen molar-refractivity contribution in [3.63, 3.8) is 0 Å². The van der Waals surface area contributed by atoms with Crippen molar-refractivity contribution in [2.45, 2.75) is 19.3 Å². The van der Waals surface area contributed by atoms with Crippen molar-refractivity contribution < 1.29 is 10.0 Å². The van der Waals surface area contributed by atoms with Crippen LogP contribution in [0.15, 0.2) is 12.3 Å². The molecule has 7 heteroatoms. The van der Waals surface area contributed by atoms with E-state index in [1.165, 1.54) is 6.07 Å². The van der Waals surface area contributed by atoms with Crippen LogP contribution in [0.3, 0.4) is 0 Å². The van der Waals surface area contributed by atoms with Gasteiger partial charge in [0.1, 0.15) is 23.6 Å². The van der Waals surface area contributed by atoms with E-state index in [2.05, 4.69) is 4.98 Å². The van der Waals surface area contributed by atoms with Crippen molar-refractivity contribution in [2.75, 3.05) is 25.1 Å². The molecule has 0 saturated heterocycles. The number of rotatable bonds is 7. The molecule has 0 bridgehead atoms. The maximum atomic E-state index is 10.6. The molecule has 0 aliphatic rings. The highest BCUT2D eigenvalue weighted by molar-refractivity contribution is 5.56. The van der Waals surface area contributed by atoms with Gasteiger partial charge in [-0.05, 0) is 19.3 Å². The smallest absolute Gasteiger partial charge is 0.289 e. The zero-order valence-corrected chi connectivity index (χ0v) is 10.7. The molecule has 0 fully saturated rings. The molecule has 0 aliphatic carbocycles. The van der Waals surface area contributed by atoms with Gasteiger partial charge in [0.15, 0.2) is 0 Å². The van der Waals surface area contributed by atoms with Gasteiger partial charge in [-0.3, -0.25) is 10.1 Å². The van der Waals surface area contributed by atoms with Gasteiger partial charge in [-0.25, -0.2) is 4.98 Å². The molecule has 0 spiro atoms. The molecule has 0 aliphatic heterocycles. The second-order valence-electron chi connectivity index (χ2n) is 4.14. The second kappa shape index (κ2) is 7.28. The second-order valence-corrected chi connectivity index (χ2v) is 4.14. The van der Waals surface area contributed by atoms with Crippen LogP contribution in [0, 0.1) is 21.4 Å². The van der Waals surface area contributed by atoms with Crippen LogP contribution in [0.2, 0.25) is 0 Å². The molecule has 19 heavy (non-hydrogen) atoms. The van der Waals surface area contributed by atoms with E-state index in [1.54, 1.807) is 11.9 Å². The standard InChI is InChI=1S/C12H16N4O3/c1-15(5-3-2-4-6-17)12-10(8-13)7-11(9-14-12)16(18)19/h7,9,17H,2-6H2,1H3. The van der Waals surface area contributed by atoms with Gasteiger partial charge in [0.05, 0.1) is 4.92 Å². The van der Waals surface area contributed by atoms with Crippen molar-refractivity contribution >= 4 is 11.5 Å². The highest BCUT2D eigenvalue weighted by atomic mass is 16.6. The average molecular weight is 264 g/mol. The summed E-state index contributed by atoms with van der Waals surface area (Å²) in [4.78, 5) is 15.8. The molecule has 7 nitrogen and oxygen atoms in total. The van der Waals surface area contributed by atoms with E-state index in [0.29, 0.717) is 12.4 Å². The largest absolute Gasteiger partial charge is 0.396 e. The fraction of sp³-hybridized carbons (Fsp3) is 0.500. The summed E-state index contributed by atoms with van der Waals surface area (Å²) in [5, 5.41) is 28.3. The number of nitrogens with zero attached hydrogens (tertiary/aromatic N) is 4. The average Bonchev–Trinajstić information content (AvgIpc) is 2.42. The first kappa shape index (κ1) is 14.9. The van der Waals surface area contributed by atoms with E-state index >= 15 is 0 Å². The number of unbranched alkanes of at least 4 members (excludes halogenated alkanes) is 2. The van der Waals surface area contributed by atoms with Crippen molar-refractivity contribution in [1.29, 1.82) is 5.26 Å². The Bertz CT molecular complexity index is 484. The lowest BCUT2D eigenvalue weighted by Crippen LogP contribution is -2.21. The Morgan fingerprint density at radius 2 is 2.26 bits per heavy atom. The summed E-state index contributed by atoms with van der Waals surface area (Å²) in [5.41, 5.74) is 0.00726. The van der Waals surface area contributed by atoms with Crippen molar-refractivity contribution in [2.24, 2.45) is 0 Å². The van der Waals surface area contributed by atoms with Gasteiger partial charge < -0.3 is 10.0 Å². The van der Waals surface area contributed by atoms with Gasteiger partial charge in [-0.15, -0.1) is 0 Å². The number of aromatic nitrogens is 1. The van der Waals surface area contributed by atoms with Gasteiger partial charge in [0.25, 0.3) is 5.69 Å². The number of anilines is 1. The topological polar surface area (TPSA) is 103 Å². The molecule has 1 rings (SSSR count). The van der Waals surface area contributed by atoms with E-state index in [1.807, 2.05) is 6.07 Å². The number of aliphatic hydroxyl groups excluding tert-OH is 1. The Kier molecular flexibility index (Phi) is 5.70. The third-order valence-corrected chi connectivity index (χ3v) is 2.70. The Morgan fingerprint density at radius 1 is 1.53 bits per heavy atom. The summed E-state index contributed by atoms with van der Waals surface area (Å²) in [6.45, 7) is 0.850. The zero-order valence-electron chi connectivity index (χ0n) is 10.7. The first-order chi connectivity index (χ1) is 9.10. The lowest BCUT2D eigenvalue weighted by atomic mass is 10.2. The lowest BCUT2D eigenvalue weighted by molar-refractivity contribution is -0.385. The minimum Gasteiger partial charge on any atom is -0.396 e. The molecule has 1 heterocycles. The summed E-state index contributed by atoms with van der Waals surface area (Å²) in [6, 6.07) is 3.15. The van der Waals surface area contributed by atoms with Crippen LogP contribution in [0.4, 0.5) is 11.5 Å². The van der Waals surface area contributed by atoms with Gasteiger partial charge in [-0.1, -0.05) is 0 Å². The molecule has 0 saturated carbocycles. The molecule has 102 valence electrons. The van der Waals surface area contributed by atoms with Crippen molar-refractivity contribution in [3.8, 4) is 6.07 Å². The third kappa shape index (κ3) is 4.19. The van der Waals surface area contributed by atoms with E-state index in [9.17, 15) is 10.1 Å². The van der Waals surface area contributed by atoms with Crippen LogP contribution in [-0.2, 0) is 0 Å². The minimum absolute atomic E-state index is 0.170. The number of hydrogen-bond acceptors (Lipinski definition) is 6. The maximum absolute atomic E-state index is 10.6. The van der Waals surface area contributed by atoms with Crippen molar-refractivity contribution in [3.05, 3.63) is 27.9 Å². The van der Waals surface area contributed by atoms with Gasteiger partial charge in [0.2, 0.25) is 0 Å². The molecule has 0 amide bonds. The first-order valence-corrected chi connectivity index (χ1v) is 5.96. The first-order valence-electron chi connectivity index (χ1n) is 5.96. The zero-order chi connectivity index (χ0) is 14.3. The number of hydrogen-bond donors (Lipinski definition) is 1. The molecule has 1 aromatic heterocycles. The fourth-order valence-corrected chi connectivity index (χ4v) is 1.68. The Labute approximate surface area is 111 Å². The molecule has 0 radical (unpaired) electrons. The quantitative estimate of drug-likeness (QED) is 0.454. The molecule has 0 unspecified atom stereocenters. The fourth-order valence-electron chi connectivity index (χ4n) is 1.68. The summed E-state index contributed by atoms with van der Waals surface area (Å²) in [6.07, 6.45) is 3.64. The maximum Gasteiger partial charge on any atom is 0.289 e. The number of aliphatic hydroxyl groups is 1. The van der Waals surface area contributed by atoms with Crippen LogP contribution >= 0.6 is 0 Å². The van der Waals surface area contributed by atoms with Gasteiger partial charge >= 0.3 is 0 Å². The Hall–Kier alpha value is -2.20. The molecular formula is C12H16N4O3. The monoisotopic (exact) mass is 264 g/mol. The third-order valence-electron chi connectivity index (χ3n) is 2.70. The van der Waals surface area contributed by atoms with E-state index in [-0.39, 0.29) is 17.9 Å². The summed E-state index contributed by atoms with van der Waals surface area (Å²) < 4.78 is 0. The number of nitriles is 1. The normalized spacial score (nSPS) is 9.95. The van der Waals surface area contributed by atoms with Crippen LogP contribution in [-0.4, -0.2) is 35.2 Å². The molecule has 0 aromatic carbocycles. The molecule has 1 N–H and O–H groups in total. The van der Waals surface area contributed by atoms with Crippen LogP contribution in [0.5, 0.6) is 0 Å². The minimum atomic E-state index is -0.571. The van der Waals surface area contributed by atoms with Crippen LogP contribution in [0.25, 0.3) is 0 Å². The number of nitro groups is 1. The SMILES string of the molecule is CN(CCCCCO)c1ncc([N+](=O)[O-])cc1C#N. The summed E-state index contributed by atoms with van der Waals surface area (Å²) >= 11 is 0. The summed E-state index contributed by atoms with van der Waals surface area (Å²) in [7, 11) is 1.79. The van der Waals surface area contributed by atoms with Crippen molar-refractivity contribution in [1.82, 2.24) is 4.98 Å². The lowest BCUT2D eigenvalue weighted by Gasteiger charge is -2.18. The van der Waals surface area contributed by atoms with E-state index < -0.39 is 4.92 Å². The molecule has 0 atom stereocenters. The van der Waals surface area contributed by atoms with E-state index in [0.717, 1.165) is 25.5 Å². The van der Waals surface area contributed by atoms with Gasteiger partial charge in [0, 0.05) is 26.3 Å². The van der Waals surface area contributed by atoms with Crippen LogP contribution in [0.1, 0.15) is 24.8 Å². The Morgan fingerprint density at radius 3 is 2.84 bits per heavy atom. The van der Waals surface area contributed by atoms with E-state index in [4.69, 9.17) is 10.4 Å². The summed E-state index contributed by atoms with van der Waals surface area (Å²) in [5.74, 6) is 0.442.